The first-order valence-electron chi connectivity index (χ1n) is 13.9. The minimum atomic E-state index is -0.816. The van der Waals surface area contributed by atoms with Crippen LogP contribution in [-0.4, -0.2) is 52.3 Å². The molecule has 0 spiro atoms. The molecule has 3 aliphatic heterocycles. The van der Waals surface area contributed by atoms with Crippen LogP contribution in [0.5, 0.6) is 5.75 Å². The lowest BCUT2D eigenvalue weighted by Crippen LogP contribution is -2.54. The number of carboxylic acid groups (broad SMARTS) is 1. The molecule has 2 unspecified atom stereocenters. The van der Waals surface area contributed by atoms with E-state index in [0.717, 1.165) is 59.1 Å². The van der Waals surface area contributed by atoms with Crippen LogP contribution in [0.4, 0.5) is 0 Å². The van der Waals surface area contributed by atoms with Crippen molar-refractivity contribution < 1.29 is 19.7 Å². The van der Waals surface area contributed by atoms with Crippen molar-refractivity contribution in [2.75, 3.05) is 20.2 Å². The number of piperidine rings is 3. The van der Waals surface area contributed by atoms with Crippen molar-refractivity contribution in [1.82, 2.24) is 9.88 Å². The van der Waals surface area contributed by atoms with Crippen LogP contribution in [-0.2, 0) is 17.6 Å². The Morgan fingerprint density at radius 2 is 2.05 bits per heavy atom. The minimum Gasteiger partial charge on any atom is -0.497 e. The van der Waals surface area contributed by atoms with Gasteiger partial charge in [-0.2, -0.15) is 0 Å². The average molecular weight is 537 g/mol. The number of nitrogens with zero attached hydrogens (tertiary/aromatic N) is 2. The molecule has 0 aliphatic carbocycles. The van der Waals surface area contributed by atoms with Gasteiger partial charge in [-0.3, -0.25) is 14.7 Å². The van der Waals surface area contributed by atoms with E-state index in [1.807, 2.05) is 42.5 Å². The molecule has 3 aromatic rings. The second-order valence-corrected chi connectivity index (χ2v) is 10.8. The van der Waals surface area contributed by atoms with Gasteiger partial charge in [-0.25, -0.2) is 0 Å². The highest BCUT2D eigenvalue weighted by Crippen LogP contribution is 2.43. The number of carbonyl (C=O) groups is 1. The van der Waals surface area contributed by atoms with E-state index >= 15 is 0 Å². The third-order valence-corrected chi connectivity index (χ3v) is 8.42. The number of rotatable bonds is 9. The van der Waals surface area contributed by atoms with Crippen molar-refractivity contribution in [3.63, 3.8) is 0 Å². The highest BCUT2D eigenvalue weighted by Gasteiger charge is 2.42. The predicted molar refractivity (Wildman–Crippen MR) is 157 cm³/mol. The summed E-state index contributed by atoms with van der Waals surface area (Å²) in [5.41, 5.74) is 5.06. The lowest BCUT2D eigenvalue weighted by atomic mass is 9.73. The van der Waals surface area contributed by atoms with Gasteiger partial charge < -0.3 is 14.9 Å². The molecule has 0 saturated carbocycles. The molecule has 40 heavy (non-hydrogen) atoms. The maximum absolute atomic E-state index is 12.0. The van der Waals surface area contributed by atoms with Crippen LogP contribution in [0.25, 0.3) is 10.9 Å². The highest BCUT2D eigenvalue weighted by molar-refractivity contribution is 5.86. The first-order chi connectivity index (χ1) is 19.4. The first kappa shape index (κ1) is 27.6. The number of pyridine rings is 1. The topological polar surface area (TPSA) is 82.9 Å². The average Bonchev–Trinajstić information content (AvgIpc) is 2.98. The number of aromatic nitrogens is 1. The molecule has 3 saturated heterocycles. The molecule has 0 radical (unpaired) electrons. The van der Waals surface area contributed by atoms with E-state index in [1.165, 1.54) is 0 Å². The number of aliphatic hydroxyl groups excluding tert-OH is 1. The predicted octanol–water partition coefficient (Wildman–Crippen LogP) is 5.32. The number of hydrogen-bond donors (Lipinski definition) is 2. The molecular formula is C34H36N2O4. The van der Waals surface area contributed by atoms with Gasteiger partial charge >= 0.3 is 5.97 Å². The number of allylic oxidation sites excluding steroid dienone is 1. The Morgan fingerprint density at radius 1 is 1.23 bits per heavy atom. The fourth-order valence-corrected chi connectivity index (χ4v) is 6.27. The third-order valence-electron chi connectivity index (χ3n) is 8.42. The van der Waals surface area contributed by atoms with E-state index in [9.17, 15) is 9.90 Å². The van der Waals surface area contributed by atoms with Gasteiger partial charge in [0.15, 0.2) is 0 Å². The molecular weight excluding hydrogens is 500 g/mol. The fourth-order valence-electron chi connectivity index (χ4n) is 6.27. The fraction of sp³-hybridized carbons (Fsp3) is 0.353. The number of ether oxygens (including phenoxy) is 1. The van der Waals surface area contributed by atoms with E-state index in [1.54, 1.807) is 13.3 Å². The van der Waals surface area contributed by atoms with Gasteiger partial charge in [-0.05, 0) is 79.5 Å². The van der Waals surface area contributed by atoms with Gasteiger partial charge in [0, 0.05) is 47.3 Å². The summed E-state index contributed by atoms with van der Waals surface area (Å²) in [7, 11) is 1.64. The van der Waals surface area contributed by atoms with Gasteiger partial charge in [0.25, 0.3) is 0 Å². The Balaban J connectivity index is 1.56. The normalized spacial score (nSPS) is 22.2. The standard InChI is InChI=1S/C34H36N2O4/c1-4-6-25-17-22(8-14-32(37)38)7-9-24(25)10-11-27-20-35-30-13-12-28(40-3)19-29(30)33(27)34(39)31-18-26-15-16-36(31)21-23(26)5-2/h4-5,7,9,12-13,17,19-20,23,26,31,34,39H,1-2,6,8,14-16,18,21H2,3H3,(H,37,38)/t23-,26?,31-,34-/m0/s1. The Kier molecular flexibility index (Phi) is 8.35. The van der Waals surface area contributed by atoms with Crippen LogP contribution in [0.15, 0.2) is 67.9 Å². The second-order valence-electron chi connectivity index (χ2n) is 10.8. The second kappa shape index (κ2) is 12.1. The van der Waals surface area contributed by atoms with Crippen molar-refractivity contribution in [1.29, 1.82) is 0 Å². The van der Waals surface area contributed by atoms with Gasteiger partial charge in [-0.15, -0.1) is 13.2 Å². The van der Waals surface area contributed by atoms with Crippen molar-refractivity contribution in [2.45, 2.75) is 44.2 Å². The van der Waals surface area contributed by atoms with Crippen LogP contribution in [0.2, 0.25) is 0 Å². The van der Waals surface area contributed by atoms with Crippen molar-refractivity contribution in [2.24, 2.45) is 11.8 Å². The maximum atomic E-state index is 12.0. The zero-order chi connectivity index (χ0) is 28.2. The molecule has 6 rings (SSSR count). The van der Waals surface area contributed by atoms with E-state index in [4.69, 9.17) is 9.84 Å². The molecule has 2 N–H and O–H groups in total. The van der Waals surface area contributed by atoms with Gasteiger partial charge in [0.2, 0.25) is 0 Å². The molecule has 2 bridgehead atoms. The Hall–Kier alpha value is -3.92. The third kappa shape index (κ3) is 5.67. The molecule has 3 fully saturated rings. The quantitative estimate of drug-likeness (QED) is 0.285. The molecule has 6 heteroatoms. The van der Waals surface area contributed by atoms with E-state index in [-0.39, 0.29) is 12.5 Å². The molecule has 5 atom stereocenters. The Bertz CT molecular complexity index is 1500. The summed E-state index contributed by atoms with van der Waals surface area (Å²) in [6, 6.07) is 11.6. The van der Waals surface area contributed by atoms with Gasteiger partial charge in [0.05, 0.1) is 18.7 Å². The number of aryl methyl sites for hydroxylation is 1. The van der Waals surface area contributed by atoms with Crippen LogP contribution < -0.4 is 4.74 Å². The van der Waals surface area contributed by atoms with Crippen LogP contribution in [0, 0.1) is 23.7 Å². The summed E-state index contributed by atoms with van der Waals surface area (Å²) < 4.78 is 5.53. The van der Waals surface area contributed by atoms with E-state index in [2.05, 4.69) is 41.0 Å². The van der Waals surface area contributed by atoms with Crippen molar-refractivity contribution in [3.05, 3.63) is 95.7 Å². The number of benzene rings is 2. The summed E-state index contributed by atoms with van der Waals surface area (Å²) in [4.78, 5) is 18.1. The Morgan fingerprint density at radius 3 is 2.75 bits per heavy atom. The highest BCUT2D eigenvalue weighted by atomic mass is 16.5. The van der Waals surface area contributed by atoms with E-state index in [0.29, 0.717) is 36.0 Å². The molecule has 1 aromatic heterocycles. The molecule has 0 amide bonds. The molecule has 206 valence electrons. The summed E-state index contributed by atoms with van der Waals surface area (Å²) >= 11 is 0. The Labute approximate surface area is 236 Å². The van der Waals surface area contributed by atoms with Crippen molar-refractivity contribution in [3.8, 4) is 17.6 Å². The van der Waals surface area contributed by atoms with Crippen molar-refractivity contribution >= 4 is 16.9 Å². The molecule has 3 aliphatic rings. The van der Waals surface area contributed by atoms with Gasteiger partial charge in [-0.1, -0.05) is 36.1 Å². The van der Waals surface area contributed by atoms with Crippen LogP contribution in [0.1, 0.15) is 53.2 Å². The van der Waals surface area contributed by atoms with Crippen LogP contribution in [0.3, 0.4) is 0 Å². The number of hydrogen-bond acceptors (Lipinski definition) is 5. The summed E-state index contributed by atoms with van der Waals surface area (Å²) in [5, 5.41) is 21.9. The smallest absolute Gasteiger partial charge is 0.303 e. The number of aliphatic hydroxyl groups is 1. The minimum absolute atomic E-state index is 0.00264. The van der Waals surface area contributed by atoms with Gasteiger partial charge in [0.1, 0.15) is 5.75 Å². The lowest BCUT2D eigenvalue weighted by molar-refractivity contribution is -0.136. The lowest BCUT2D eigenvalue weighted by Gasteiger charge is -2.50. The summed E-state index contributed by atoms with van der Waals surface area (Å²) in [5.74, 6) is 7.54. The largest absolute Gasteiger partial charge is 0.497 e. The van der Waals surface area contributed by atoms with E-state index < -0.39 is 12.1 Å². The zero-order valence-electron chi connectivity index (χ0n) is 23.0. The molecule has 6 nitrogen and oxygen atoms in total. The molecule has 2 aromatic carbocycles. The summed E-state index contributed by atoms with van der Waals surface area (Å²) in [6.45, 7) is 9.82. The number of carboxylic acids is 1. The number of fused-ring (bicyclic) bond motifs is 4. The maximum Gasteiger partial charge on any atom is 0.303 e. The molecule has 4 heterocycles. The number of aliphatic carboxylic acids is 1. The van der Waals surface area contributed by atoms with Crippen LogP contribution >= 0.6 is 0 Å². The number of methoxy groups -OCH3 is 1. The monoisotopic (exact) mass is 536 g/mol. The zero-order valence-corrected chi connectivity index (χ0v) is 23.0. The first-order valence-corrected chi connectivity index (χ1v) is 13.9. The SMILES string of the molecule is C=CCc1cc(CCC(=O)O)ccc1C#Cc1cnc2ccc(OC)cc2c1[C@@H](O)[C@@H]1CC2CCN1C[C@@H]2C=C. The summed E-state index contributed by atoms with van der Waals surface area (Å²) in [6.07, 6.45) is 8.13.